The molecule has 0 heterocycles. The van der Waals surface area contributed by atoms with Gasteiger partial charge < -0.3 is 18.9 Å². The third-order valence-corrected chi connectivity index (χ3v) is 9.51. The van der Waals surface area contributed by atoms with Crippen molar-refractivity contribution >= 4 is 0 Å². The number of fused-ring (bicyclic) bond motifs is 3. The molecule has 7 rings (SSSR count). The molecule has 0 bridgehead atoms. The summed E-state index contributed by atoms with van der Waals surface area (Å²) in [5.74, 6) is 1.68. The van der Waals surface area contributed by atoms with Gasteiger partial charge in [0.15, 0.2) is 0 Å². The standard InChI is InChI=1S/C47H42O4/c1-3-48-29-15-31-50-45-27-25-37(33-41(45)35-17-7-5-8-18-35)47(43-23-13-11-21-39(43)40-22-12-14-24-44(40)47)38-26-28-46(51-32-16-30-49-4-2)42(34-38)36-19-9-6-10-20-36/h3-14,17-28,33-34H,1-2,15-16,29-32H2. The molecule has 254 valence electrons. The molecule has 0 saturated carbocycles. The molecule has 0 fully saturated rings. The van der Waals surface area contributed by atoms with Gasteiger partial charge in [0.1, 0.15) is 11.5 Å². The van der Waals surface area contributed by atoms with Crippen LogP contribution in [0, 0.1) is 0 Å². The Hall–Kier alpha value is -6.00. The van der Waals surface area contributed by atoms with E-state index in [4.69, 9.17) is 18.9 Å². The van der Waals surface area contributed by atoms with Crippen molar-refractivity contribution in [2.24, 2.45) is 0 Å². The molecule has 51 heavy (non-hydrogen) atoms. The zero-order valence-electron chi connectivity index (χ0n) is 28.8. The molecule has 6 aromatic rings. The van der Waals surface area contributed by atoms with Crippen LogP contribution in [0.1, 0.15) is 35.1 Å². The van der Waals surface area contributed by atoms with E-state index < -0.39 is 5.41 Å². The average molecular weight is 671 g/mol. The predicted molar refractivity (Wildman–Crippen MR) is 207 cm³/mol. The summed E-state index contributed by atoms with van der Waals surface area (Å²) in [5.41, 5.74) is 11.0. The Bertz CT molecular complexity index is 1950. The van der Waals surface area contributed by atoms with Crippen molar-refractivity contribution in [3.63, 3.8) is 0 Å². The monoisotopic (exact) mass is 670 g/mol. The Kier molecular flexibility index (Phi) is 10.3. The summed E-state index contributed by atoms with van der Waals surface area (Å²) in [6.07, 6.45) is 4.46. The van der Waals surface area contributed by atoms with E-state index in [0.717, 1.165) is 57.7 Å². The fourth-order valence-corrected chi connectivity index (χ4v) is 7.30. The Labute approximate surface area is 301 Å². The van der Waals surface area contributed by atoms with Crippen molar-refractivity contribution in [2.45, 2.75) is 18.3 Å². The molecule has 0 unspecified atom stereocenters. The van der Waals surface area contributed by atoms with E-state index in [0.29, 0.717) is 26.4 Å². The molecule has 0 radical (unpaired) electrons. The van der Waals surface area contributed by atoms with E-state index in [1.54, 1.807) is 0 Å². The fourth-order valence-electron chi connectivity index (χ4n) is 7.30. The van der Waals surface area contributed by atoms with E-state index in [9.17, 15) is 0 Å². The van der Waals surface area contributed by atoms with Gasteiger partial charge in [-0.15, -0.1) is 0 Å². The van der Waals surface area contributed by atoms with Gasteiger partial charge in [0.25, 0.3) is 0 Å². The van der Waals surface area contributed by atoms with Gasteiger partial charge in [0.05, 0.1) is 44.4 Å². The van der Waals surface area contributed by atoms with Gasteiger partial charge in [-0.25, -0.2) is 0 Å². The minimum atomic E-state index is -0.618. The first-order valence-corrected chi connectivity index (χ1v) is 17.6. The predicted octanol–water partition coefficient (Wildman–Crippen LogP) is 11.2. The SMILES string of the molecule is C=COCCCOc1ccc(C2(c3ccc(OCCCOC=C)c(-c4ccccc4)c3)c3ccccc3-c3ccccc32)cc1-c1ccccc1. The van der Waals surface area contributed by atoms with Crippen LogP contribution in [0.2, 0.25) is 0 Å². The first-order chi connectivity index (χ1) is 25.3. The first-order valence-electron chi connectivity index (χ1n) is 17.6. The highest BCUT2D eigenvalue weighted by Gasteiger charge is 2.46. The van der Waals surface area contributed by atoms with Gasteiger partial charge in [-0.3, -0.25) is 0 Å². The maximum Gasteiger partial charge on any atom is 0.127 e. The lowest BCUT2D eigenvalue weighted by Crippen LogP contribution is -2.29. The lowest BCUT2D eigenvalue weighted by molar-refractivity contribution is 0.209. The summed E-state index contributed by atoms with van der Waals surface area (Å²) in [5, 5.41) is 0. The Morgan fingerprint density at radius 3 is 1.27 bits per heavy atom. The first kappa shape index (κ1) is 33.5. The van der Waals surface area contributed by atoms with Crippen LogP contribution in [-0.2, 0) is 14.9 Å². The summed E-state index contributed by atoms with van der Waals surface area (Å²) in [4.78, 5) is 0. The minimum Gasteiger partial charge on any atom is -0.502 e. The Balaban J connectivity index is 1.44. The molecular formula is C47H42O4. The van der Waals surface area contributed by atoms with Crippen molar-refractivity contribution in [1.82, 2.24) is 0 Å². The zero-order chi connectivity index (χ0) is 34.9. The number of hydrogen-bond acceptors (Lipinski definition) is 4. The molecule has 4 nitrogen and oxygen atoms in total. The molecule has 0 spiro atoms. The molecule has 1 aliphatic rings. The van der Waals surface area contributed by atoms with Crippen molar-refractivity contribution < 1.29 is 18.9 Å². The summed E-state index contributed by atoms with van der Waals surface area (Å²) in [6, 6.07) is 52.1. The molecule has 0 saturated heterocycles. The smallest absolute Gasteiger partial charge is 0.127 e. The van der Waals surface area contributed by atoms with E-state index in [2.05, 4.69) is 147 Å². The largest absolute Gasteiger partial charge is 0.502 e. The number of hydrogen-bond donors (Lipinski definition) is 0. The maximum atomic E-state index is 6.44. The third kappa shape index (κ3) is 6.65. The molecule has 0 N–H and O–H groups in total. The molecule has 0 amide bonds. The summed E-state index contributed by atoms with van der Waals surface area (Å²) < 4.78 is 23.6. The molecule has 0 aliphatic heterocycles. The topological polar surface area (TPSA) is 36.9 Å². The molecule has 6 aromatic carbocycles. The number of ether oxygens (including phenoxy) is 4. The molecule has 1 aliphatic carbocycles. The van der Waals surface area contributed by atoms with Gasteiger partial charge in [-0.05, 0) is 68.8 Å². The van der Waals surface area contributed by atoms with Gasteiger partial charge >= 0.3 is 0 Å². The van der Waals surface area contributed by atoms with Crippen LogP contribution in [0.15, 0.2) is 171 Å². The van der Waals surface area contributed by atoms with Crippen LogP contribution >= 0.6 is 0 Å². The third-order valence-electron chi connectivity index (χ3n) is 9.51. The second kappa shape index (κ2) is 15.7. The highest BCUT2D eigenvalue weighted by Crippen LogP contribution is 2.57. The van der Waals surface area contributed by atoms with Crippen LogP contribution in [0.5, 0.6) is 11.5 Å². The molecule has 4 heteroatoms. The van der Waals surface area contributed by atoms with E-state index >= 15 is 0 Å². The second-order valence-electron chi connectivity index (χ2n) is 12.5. The average Bonchev–Trinajstić information content (AvgIpc) is 3.49. The van der Waals surface area contributed by atoms with E-state index in [1.165, 1.54) is 34.8 Å². The molecule has 0 aromatic heterocycles. The van der Waals surface area contributed by atoms with Crippen LogP contribution < -0.4 is 9.47 Å². The summed E-state index contributed by atoms with van der Waals surface area (Å²) in [6.45, 7) is 9.49. The summed E-state index contributed by atoms with van der Waals surface area (Å²) >= 11 is 0. The lowest BCUT2D eigenvalue weighted by Gasteiger charge is -2.35. The Morgan fingerprint density at radius 2 is 0.843 bits per heavy atom. The number of rotatable bonds is 16. The van der Waals surface area contributed by atoms with Crippen LogP contribution in [0.3, 0.4) is 0 Å². The van der Waals surface area contributed by atoms with Crippen molar-refractivity contribution in [2.75, 3.05) is 26.4 Å². The number of benzene rings is 6. The minimum absolute atomic E-state index is 0.533. The lowest BCUT2D eigenvalue weighted by atomic mass is 9.67. The normalized spacial score (nSPS) is 12.3. The quantitative estimate of drug-likeness (QED) is 0.0757. The second-order valence-corrected chi connectivity index (χ2v) is 12.5. The van der Waals surface area contributed by atoms with Gasteiger partial charge in [0.2, 0.25) is 0 Å². The maximum absolute atomic E-state index is 6.44. The van der Waals surface area contributed by atoms with Crippen molar-refractivity contribution in [1.29, 1.82) is 0 Å². The molecule has 0 atom stereocenters. The van der Waals surface area contributed by atoms with E-state index in [-0.39, 0.29) is 0 Å². The van der Waals surface area contributed by atoms with Crippen molar-refractivity contribution in [3.8, 4) is 44.9 Å². The van der Waals surface area contributed by atoms with Crippen LogP contribution in [0.4, 0.5) is 0 Å². The van der Waals surface area contributed by atoms with Gasteiger partial charge in [-0.2, -0.15) is 0 Å². The highest BCUT2D eigenvalue weighted by molar-refractivity contribution is 5.88. The van der Waals surface area contributed by atoms with Crippen molar-refractivity contribution in [3.05, 3.63) is 194 Å². The van der Waals surface area contributed by atoms with E-state index in [1.807, 2.05) is 12.1 Å². The summed E-state index contributed by atoms with van der Waals surface area (Å²) in [7, 11) is 0. The highest BCUT2D eigenvalue weighted by atomic mass is 16.5. The van der Waals surface area contributed by atoms with Crippen LogP contribution in [-0.4, -0.2) is 26.4 Å². The molecular weight excluding hydrogens is 629 g/mol. The van der Waals surface area contributed by atoms with Gasteiger partial charge in [-0.1, -0.05) is 134 Å². The van der Waals surface area contributed by atoms with Gasteiger partial charge in [0, 0.05) is 24.0 Å². The Morgan fingerprint density at radius 1 is 0.431 bits per heavy atom. The van der Waals surface area contributed by atoms with Crippen LogP contribution in [0.25, 0.3) is 33.4 Å². The fraction of sp³-hybridized carbons (Fsp3) is 0.149. The zero-order valence-corrected chi connectivity index (χ0v) is 28.8.